The number of rotatable bonds is 3. The highest BCUT2D eigenvalue weighted by molar-refractivity contribution is 7.18. The zero-order valence-electron chi connectivity index (χ0n) is 12.9. The molecule has 0 aliphatic carbocycles. The van der Waals surface area contributed by atoms with Gasteiger partial charge in [-0.05, 0) is 18.2 Å². The fourth-order valence-corrected chi connectivity index (χ4v) is 3.40. The largest absolute Gasteiger partial charge is 0.471 e. The molecule has 0 spiro atoms. The third-order valence-electron chi connectivity index (χ3n) is 3.59. The van der Waals surface area contributed by atoms with Gasteiger partial charge in [-0.2, -0.15) is 18.2 Å². The van der Waals surface area contributed by atoms with Gasteiger partial charge in [-0.15, -0.1) is 11.3 Å². The summed E-state index contributed by atoms with van der Waals surface area (Å²) in [6.07, 6.45) is -1.54. The van der Waals surface area contributed by atoms with Gasteiger partial charge in [0.2, 0.25) is 5.82 Å². The van der Waals surface area contributed by atoms with Gasteiger partial charge in [-0.1, -0.05) is 11.2 Å². The van der Waals surface area contributed by atoms with E-state index in [2.05, 4.69) is 19.6 Å². The van der Waals surface area contributed by atoms with Gasteiger partial charge in [0.1, 0.15) is 4.83 Å². The molecule has 0 aromatic carbocycles. The van der Waals surface area contributed by atoms with Gasteiger partial charge in [-0.25, -0.2) is 4.98 Å². The fourth-order valence-electron chi connectivity index (χ4n) is 2.40. The molecule has 0 saturated heterocycles. The predicted octanol–water partition coefficient (Wildman–Crippen LogP) is 3.58. The Morgan fingerprint density at radius 2 is 2.08 bits per heavy atom. The number of pyridine rings is 2. The summed E-state index contributed by atoms with van der Waals surface area (Å²) in [6.45, 7) is 0.334. The van der Waals surface area contributed by atoms with E-state index < -0.39 is 12.1 Å². The van der Waals surface area contributed by atoms with Gasteiger partial charge in [0.15, 0.2) is 0 Å². The summed E-state index contributed by atoms with van der Waals surface area (Å²) in [7, 11) is 0. The van der Waals surface area contributed by atoms with Crippen LogP contribution in [0.2, 0.25) is 0 Å². The summed E-state index contributed by atoms with van der Waals surface area (Å²) in [6, 6.07) is 8.36. The topological polar surface area (TPSA) is 73.8 Å². The summed E-state index contributed by atoms with van der Waals surface area (Å²) >= 11 is 1.47. The van der Waals surface area contributed by atoms with Crippen LogP contribution in [0.25, 0.3) is 21.6 Å². The molecule has 26 heavy (non-hydrogen) atoms. The maximum Gasteiger partial charge on any atom is 0.471 e. The van der Waals surface area contributed by atoms with Crippen LogP contribution in [0.1, 0.15) is 10.8 Å². The van der Waals surface area contributed by atoms with Crippen molar-refractivity contribution in [2.75, 3.05) is 0 Å². The molecule has 4 heterocycles. The molecular weight excluding hydrogens is 369 g/mol. The smallest absolute Gasteiger partial charge is 0.329 e. The molecule has 0 unspecified atom stereocenters. The Morgan fingerprint density at radius 3 is 2.77 bits per heavy atom. The van der Waals surface area contributed by atoms with Crippen molar-refractivity contribution in [3.63, 3.8) is 0 Å². The van der Waals surface area contributed by atoms with Crippen molar-refractivity contribution < 1.29 is 17.7 Å². The lowest BCUT2D eigenvalue weighted by Crippen LogP contribution is -2.18. The molecular formula is C16H9F3N4O2S. The van der Waals surface area contributed by atoms with Crippen molar-refractivity contribution >= 4 is 21.6 Å². The molecule has 0 bridgehead atoms. The fraction of sp³-hybridized carbons (Fsp3) is 0.125. The van der Waals surface area contributed by atoms with Gasteiger partial charge in [0, 0.05) is 34.3 Å². The molecule has 4 aromatic rings. The first kappa shape index (κ1) is 16.5. The molecule has 0 fully saturated rings. The van der Waals surface area contributed by atoms with Crippen molar-refractivity contribution in [1.82, 2.24) is 19.7 Å². The van der Waals surface area contributed by atoms with Crippen LogP contribution in [-0.4, -0.2) is 19.7 Å². The molecule has 10 heteroatoms. The predicted molar refractivity (Wildman–Crippen MR) is 87.7 cm³/mol. The lowest BCUT2D eigenvalue weighted by molar-refractivity contribution is -0.159. The highest BCUT2D eigenvalue weighted by atomic mass is 32.1. The van der Waals surface area contributed by atoms with E-state index in [1.807, 2.05) is 18.2 Å². The van der Waals surface area contributed by atoms with E-state index >= 15 is 0 Å². The average molecular weight is 378 g/mol. The standard InChI is InChI=1S/C16H9F3N4O2S/c17-16(18,19)15-21-13(22-25-15)9-3-5-23(12(24)7-9)8-11-6-10-2-1-4-20-14(10)26-11/h1-7H,8H2. The average Bonchev–Trinajstić information content (AvgIpc) is 3.22. The molecule has 0 aliphatic heterocycles. The SMILES string of the molecule is O=c1cc(-c2noc(C(F)(F)F)n2)ccn1Cc1cc2cccnc2s1. The Balaban J connectivity index is 1.61. The van der Waals surface area contributed by atoms with Crippen LogP contribution in [0.4, 0.5) is 13.2 Å². The van der Waals surface area contributed by atoms with Crippen LogP contribution in [-0.2, 0) is 12.7 Å². The van der Waals surface area contributed by atoms with Crippen molar-refractivity contribution in [2.45, 2.75) is 12.7 Å². The molecule has 0 atom stereocenters. The maximum absolute atomic E-state index is 12.5. The molecule has 0 saturated carbocycles. The Morgan fingerprint density at radius 1 is 1.23 bits per heavy atom. The lowest BCUT2D eigenvalue weighted by Gasteiger charge is -2.04. The Hall–Kier alpha value is -3.01. The summed E-state index contributed by atoms with van der Waals surface area (Å²) in [5.74, 6) is -1.73. The molecule has 132 valence electrons. The minimum atomic E-state index is -4.73. The minimum Gasteiger partial charge on any atom is -0.329 e. The molecule has 0 amide bonds. The number of nitrogens with zero attached hydrogens (tertiary/aromatic N) is 4. The summed E-state index contributed by atoms with van der Waals surface area (Å²) in [5, 5.41) is 4.27. The normalized spacial score (nSPS) is 12.0. The first-order chi connectivity index (χ1) is 12.4. The van der Waals surface area contributed by atoms with Gasteiger partial charge >= 0.3 is 12.1 Å². The van der Waals surface area contributed by atoms with E-state index in [-0.39, 0.29) is 16.9 Å². The van der Waals surface area contributed by atoms with Gasteiger partial charge in [0.25, 0.3) is 5.56 Å². The Kier molecular flexibility index (Phi) is 3.83. The van der Waals surface area contributed by atoms with E-state index in [1.54, 1.807) is 6.20 Å². The Labute approximate surface area is 147 Å². The maximum atomic E-state index is 12.5. The third kappa shape index (κ3) is 3.10. The van der Waals surface area contributed by atoms with E-state index in [1.165, 1.54) is 34.2 Å². The van der Waals surface area contributed by atoms with Gasteiger partial charge in [0.05, 0.1) is 6.54 Å². The minimum absolute atomic E-state index is 0.156. The molecule has 4 rings (SSSR count). The van der Waals surface area contributed by atoms with Crippen molar-refractivity contribution in [3.05, 3.63) is 63.8 Å². The van der Waals surface area contributed by atoms with Crippen LogP contribution >= 0.6 is 11.3 Å². The monoisotopic (exact) mass is 378 g/mol. The number of thiophene rings is 1. The number of hydrogen-bond acceptors (Lipinski definition) is 6. The van der Waals surface area contributed by atoms with Crippen LogP contribution in [0.3, 0.4) is 0 Å². The lowest BCUT2D eigenvalue weighted by atomic mass is 10.2. The second-order valence-corrected chi connectivity index (χ2v) is 6.53. The van der Waals surface area contributed by atoms with E-state index in [9.17, 15) is 18.0 Å². The van der Waals surface area contributed by atoms with Crippen LogP contribution < -0.4 is 5.56 Å². The highest BCUT2D eigenvalue weighted by Crippen LogP contribution is 2.29. The first-order valence-electron chi connectivity index (χ1n) is 7.35. The van der Waals surface area contributed by atoms with Crippen molar-refractivity contribution in [3.8, 4) is 11.4 Å². The summed E-state index contributed by atoms with van der Waals surface area (Å²) in [5.41, 5.74) is -0.227. The second kappa shape index (κ2) is 6.06. The number of aromatic nitrogens is 4. The third-order valence-corrected chi connectivity index (χ3v) is 4.64. The number of fused-ring (bicyclic) bond motifs is 1. The zero-order chi connectivity index (χ0) is 18.3. The molecule has 6 nitrogen and oxygen atoms in total. The zero-order valence-corrected chi connectivity index (χ0v) is 13.7. The molecule has 0 aliphatic rings. The summed E-state index contributed by atoms with van der Waals surface area (Å²) in [4.78, 5) is 21.6. The quantitative estimate of drug-likeness (QED) is 0.545. The first-order valence-corrected chi connectivity index (χ1v) is 8.17. The van der Waals surface area contributed by atoms with E-state index in [0.717, 1.165) is 15.1 Å². The number of alkyl halides is 3. The van der Waals surface area contributed by atoms with Crippen LogP contribution in [0.5, 0.6) is 0 Å². The molecule has 0 radical (unpaired) electrons. The van der Waals surface area contributed by atoms with Crippen molar-refractivity contribution in [1.29, 1.82) is 0 Å². The van der Waals surface area contributed by atoms with Gasteiger partial charge in [-0.3, -0.25) is 4.79 Å². The highest BCUT2D eigenvalue weighted by Gasteiger charge is 2.38. The van der Waals surface area contributed by atoms with Crippen LogP contribution in [0, 0.1) is 0 Å². The van der Waals surface area contributed by atoms with E-state index in [0.29, 0.717) is 6.54 Å². The number of hydrogen-bond donors (Lipinski definition) is 0. The van der Waals surface area contributed by atoms with Gasteiger partial charge < -0.3 is 9.09 Å². The van der Waals surface area contributed by atoms with E-state index in [4.69, 9.17) is 0 Å². The molecule has 0 N–H and O–H groups in total. The second-order valence-electron chi connectivity index (χ2n) is 5.41. The summed E-state index contributed by atoms with van der Waals surface area (Å²) < 4.78 is 43.2. The number of halogens is 3. The van der Waals surface area contributed by atoms with Crippen LogP contribution in [0.15, 0.2) is 52.0 Å². The molecule has 4 aromatic heterocycles. The Bertz CT molecular complexity index is 1110. The van der Waals surface area contributed by atoms with Crippen molar-refractivity contribution in [2.24, 2.45) is 0 Å².